The van der Waals surface area contributed by atoms with E-state index in [0.717, 1.165) is 0 Å². The molecular formula is C13H12N2O2S. The lowest BCUT2D eigenvalue weighted by molar-refractivity contribution is -0.127. The van der Waals surface area contributed by atoms with E-state index >= 15 is 0 Å². The lowest BCUT2D eigenvalue weighted by atomic mass is 10.1. The maximum atomic E-state index is 11.6. The highest BCUT2D eigenvalue weighted by Crippen LogP contribution is 2.30. The van der Waals surface area contributed by atoms with E-state index in [9.17, 15) is 4.79 Å². The fraction of sp³-hybridized carbons (Fsp3) is 0.0769. The summed E-state index contributed by atoms with van der Waals surface area (Å²) < 4.78 is 5.53. The largest absolute Gasteiger partial charge is 0.446 e. The predicted octanol–water partition coefficient (Wildman–Crippen LogP) is 1.73. The molecule has 1 aromatic heterocycles. The molecule has 0 aliphatic heterocycles. The first-order chi connectivity index (χ1) is 8.63. The third-order valence-electron chi connectivity index (χ3n) is 2.39. The Morgan fingerprint density at radius 1 is 1.17 bits per heavy atom. The Morgan fingerprint density at radius 2 is 1.83 bits per heavy atom. The smallest absolute Gasteiger partial charge is 0.277 e. The quantitative estimate of drug-likeness (QED) is 0.650. The molecule has 1 amide bonds. The van der Waals surface area contributed by atoms with Crippen molar-refractivity contribution in [2.24, 2.45) is 5.73 Å². The molecule has 0 spiro atoms. The molecule has 1 atom stereocenters. The van der Waals surface area contributed by atoms with Crippen molar-refractivity contribution in [3.05, 3.63) is 60.3 Å². The summed E-state index contributed by atoms with van der Waals surface area (Å²) in [5.74, 6) is -0.405. The van der Waals surface area contributed by atoms with Crippen molar-refractivity contribution in [2.75, 3.05) is 0 Å². The fourth-order valence-electron chi connectivity index (χ4n) is 1.47. The number of carbonyl (C=O) groups is 1. The van der Waals surface area contributed by atoms with Crippen LogP contribution in [0, 0.1) is 0 Å². The van der Waals surface area contributed by atoms with Crippen molar-refractivity contribution in [1.29, 1.82) is 0 Å². The second-order valence-electron chi connectivity index (χ2n) is 3.64. The number of nitrogens with zero attached hydrogens (tertiary/aromatic N) is 1. The minimum absolute atomic E-state index is 0.287. The number of nitrogens with two attached hydrogens (primary N) is 1. The highest BCUT2D eigenvalue weighted by molar-refractivity contribution is 7.82. The van der Waals surface area contributed by atoms with Crippen LogP contribution in [0.1, 0.15) is 5.56 Å². The van der Waals surface area contributed by atoms with Gasteiger partial charge in [-0.05, 0) is 6.07 Å². The monoisotopic (exact) mass is 260 g/mol. The maximum absolute atomic E-state index is 11.6. The molecule has 1 aromatic carbocycles. The Balaban J connectivity index is 2.37. The van der Waals surface area contributed by atoms with Crippen molar-refractivity contribution in [3.63, 3.8) is 0 Å². The van der Waals surface area contributed by atoms with E-state index in [1.54, 1.807) is 48.7 Å². The Bertz CT molecular complexity index is 533. The van der Waals surface area contributed by atoms with Crippen LogP contribution < -0.4 is 10.5 Å². The zero-order valence-electron chi connectivity index (χ0n) is 9.48. The molecule has 2 aromatic rings. The molecule has 0 bridgehead atoms. The number of hydrogen-bond acceptors (Lipinski definition) is 4. The second-order valence-corrected chi connectivity index (χ2v) is 4.27. The molecule has 0 saturated heterocycles. The number of amides is 1. The van der Waals surface area contributed by atoms with Crippen LogP contribution in [0.5, 0.6) is 5.88 Å². The van der Waals surface area contributed by atoms with E-state index < -0.39 is 10.8 Å². The van der Waals surface area contributed by atoms with Crippen LogP contribution >= 0.6 is 12.6 Å². The summed E-state index contributed by atoms with van der Waals surface area (Å²) in [6.45, 7) is 0. The van der Waals surface area contributed by atoms with E-state index in [1.165, 1.54) is 0 Å². The highest BCUT2D eigenvalue weighted by atomic mass is 32.1. The molecule has 0 aliphatic carbocycles. The third kappa shape index (κ3) is 2.46. The molecule has 0 fully saturated rings. The van der Waals surface area contributed by atoms with Gasteiger partial charge < -0.3 is 10.5 Å². The van der Waals surface area contributed by atoms with Gasteiger partial charge in [-0.3, -0.25) is 4.79 Å². The van der Waals surface area contributed by atoms with Crippen LogP contribution in [-0.4, -0.2) is 10.9 Å². The van der Waals surface area contributed by atoms with Crippen LogP contribution in [0.4, 0.5) is 0 Å². The summed E-state index contributed by atoms with van der Waals surface area (Å²) in [7, 11) is 0. The van der Waals surface area contributed by atoms with Crippen molar-refractivity contribution in [2.45, 2.75) is 4.93 Å². The number of pyridine rings is 1. The summed E-state index contributed by atoms with van der Waals surface area (Å²) in [6, 6.07) is 14.0. The van der Waals surface area contributed by atoms with E-state index in [0.29, 0.717) is 5.56 Å². The topological polar surface area (TPSA) is 65.2 Å². The molecule has 2 rings (SSSR count). The standard InChI is InChI=1S/C13H12N2O2S/c14-12(16)13(18,10-6-2-1-3-7-10)17-11-8-4-5-9-15-11/h1-9,18H,(H2,14,16). The van der Waals surface area contributed by atoms with Gasteiger partial charge in [-0.15, -0.1) is 12.6 Å². The lowest BCUT2D eigenvalue weighted by Gasteiger charge is -2.25. The average molecular weight is 260 g/mol. The number of primary amides is 1. The summed E-state index contributed by atoms with van der Waals surface area (Å²) in [6.07, 6.45) is 1.56. The predicted molar refractivity (Wildman–Crippen MR) is 71.2 cm³/mol. The molecule has 5 heteroatoms. The summed E-state index contributed by atoms with van der Waals surface area (Å²) in [5, 5.41) is 0. The van der Waals surface area contributed by atoms with Crippen LogP contribution in [0.25, 0.3) is 0 Å². The first-order valence-electron chi connectivity index (χ1n) is 5.31. The zero-order valence-corrected chi connectivity index (χ0v) is 10.4. The molecule has 0 aliphatic rings. The maximum Gasteiger partial charge on any atom is 0.277 e. The van der Waals surface area contributed by atoms with Crippen molar-refractivity contribution < 1.29 is 9.53 Å². The van der Waals surface area contributed by atoms with E-state index in [4.69, 9.17) is 10.5 Å². The van der Waals surface area contributed by atoms with Crippen molar-refractivity contribution >= 4 is 18.5 Å². The van der Waals surface area contributed by atoms with Gasteiger partial charge in [0.1, 0.15) is 0 Å². The molecular weight excluding hydrogens is 248 g/mol. The van der Waals surface area contributed by atoms with Gasteiger partial charge in [0.05, 0.1) is 0 Å². The average Bonchev–Trinajstić information content (AvgIpc) is 2.40. The van der Waals surface area contributed by atoms with Gasteiger partial charge in [0, 0.05) is 17.8 Å². The first-order valence-corrected chi connectivity index (χ1v) is 5.75. The van der Waals surface area contributed by atoms with Gasteiger partial charge in [-0.2, -0.15) is 0 Å². The van der Waals surface area contributed by atoms with Crippen LogP contribution in [0.15, 0.2) is 54.7 Å². The van der Waals surface area contributed by atoms with Crippen molar-refractivity contribution in [1.82, 2.24) is 4.98 Å². The molecule has 1 unspecified atom stereocenters. The Morgan fingerprint density at radius 3 is 2.39 bits per heavy atom. The fourth-order valence-corrected chi connectivity index (χ4v) is 1.72. The van der Waals surface area contributed by atoms with Crippen molar-refractivity contribution in [3.8, 4) is 5.88 Å². The molecule has 2 N–H and O–H groups in total. The summed E-state index contributed by atoms with van der Waals surface area (Å²) in [4.78, 5) is 14.1. The number of aromatic nitrogens is 1. The number of hydrogen-bond donors (Lipinski definition) is 2. The number of benzene rings is 1. The van der Waals surface area contributed by atoms with Gasteiger partial charge in [-0.25, -0.2) is 4.98 Å². The van der Waals surface area contributed by atoms with E-state index in [2.05, 4.69) is 17.6 Å². The third-order valence-corrected chi connectivity index (χ3v) is 2.96. The molecule has 92 valence electrons. The Hall–Kier alpha value is -2.01. The minimum atomic E-state index is -1.53. The molecule has 4 nitrogen and oxygen atoms in total. The van der Waals surface area contributed by atoms with Gasteiger partial charge in [0.15, 0.2) is 0 Å². The molecule has 18 heavy (non-hydrogen) atoms. The number of ether oxygens (including phenoxy) is 1. The SMILES string of the molecule is NC(=O)C(S)(Oc1ccccn1)c1ccccc1. The Labute approximate surface area is 110 Å². The van der Waals surface area contributed by atoms with Gasteiger partial charge in [0.25, 0.3) is 10.8 Å². The normalized spacial score (nSPS) is 13.6. The van der Waals surface area contributed by atoms with E-state index in [1.807, 2.05) is 6.07 Å². The first kappa shape index (κ1) is 12.4. The number of rotatable bonds is 4. The summed E-state index contributed by atoms with van der Waals surface area (Å²) >= 11 is 4.28. The molecule has 1 heterocycles. The second kappa shape index (κ2) is 5.10. The number of thiol groups is 1. The van der Waals surface area contributed by atoms with E-state index in [-0.39, 0.29) is 5.88 Å². The number of carbonyl (C=O) groups excluding carboxylic acids is 1. The van der Waals surface area contributed by atoms with Gasteiger partial charge >= 0.3 is 0 Å². The summed E-state index contributed by atoms with van der Waals surface area (Å²) in [5.41, 5.74) is 5.94. The van der Waals surface area contributed by atoms with Crippen LogP contribution in [-0.2, 0) is 9.73 Å². The van der Waals surface area contributed by atoms with Crippen LogP contribution in [0.3, 0.4) is 0 Å². The molecule has 0 saturated carbocycles. The Kier molecular flexibility index (Phi) is 3.53. The van der Waals surface area contributed by atoms with Gasteiger partial charge in [0.2, 0.25) is 5.88 Å². The lowest BCUT2D eigenvalue weighted by Crippen LogP contribution is -2.41. The minimum Gasteiger partial charge on any atom is -0.446 e. The highest BCUT2D eigenvalue weighted by Gasteiger charge is 2.37. The molecule has 0 radical (unpaired) electrons. The van der Waals surface area contributed by atoms with Crippen LogP contribution in [0.2, 0.25) is 0 Å². The van der Waals surface area contributed by atoms with Gasteiger partial charge in [-0.1, -0.05) is 36.4 Å². The zero-order chi connectivity index (χ0) is 13.0.